The lowest BCUT2D eigenvalue weighted by Crippen LogP contribution is -2.26. The molecular formula is C18H16F3N3O3. The first-order valence-electron chi connectivity index (χ1n) is 7.80. The first-order chi connectivity index (χ1) is 12.9. The fourth-order valence-electron chi connectivity index (χ4n) is 1.99. The average Bonchev–Trinajstić information content (AvgIpc) is 3.22. The molecule has 0 saturated carbocycles. The Morgan fingerprint density at radius 2 is 1.85 bits per heavy atom. The zero-order chi connectivity index (χ0) is 19.7. The topological polar surface area (TPSA) is 88.2 Å². The lowest BCUT2D eigenvalue weighted by Gasteiger charge is -2.06. The second-order valence-corrected chi connectivity index (χ2v) is 5.18. The second kappa shape index (κ2) is 9.48. The van der Waals surface area contributed by atoms with Crippen molar-refractivity contribution in [2.45, 2.75) is 6.18 Å². The highest BCUT2D eigenvalue weighted by Crippen LogP contribution is 2.31. The van der Waals surface area contributed by atoms with Crippen LogP contribution in [0, 0.1) is 0 Å². The van der Waals surface area contributed by atoms with Crippen molar-refractivity contribution in [1.82, 2.24) is 15.5 Å². The Labute approximate surface area is 152 Å². The summed E-state index contributed by atoms with van der Waals surface area (Å²) in [6.45, 7) is 0.270. The molecule has 2 N–H and O–H groups in total. The first-order valence-corrected chi connectivity index (χ1v) is 7.80. The summed E-state index contributed by atoms with van der Waals surface area (Å²) in [6.07, 6.45) is -3.30. The van der Waals surface area contributed by atoms with E-state index in [0.29, 0.717) is 12.1 Å². The molecule has 0 unspecified atom stereocenters. The molecule has 6 nitrogen and oxygen atoms in total. The van der Waals surface area contributed by atoms with Crippen LogP contribution in [0.3, 0.4) is 0 Å². The molecule has 1 heterocycles. The largest absolute Gasteiger partial charge is 0.416 e. The van der Waals surface area contributed by atoms with Crippen LogP contribution < -0.4 is 5.32 Å². The molecule has 0 spiro atoms. The monoisotopic (exact) mass is 379 g/mol. The Kier molecular flexibility index (Phi) is 7.07. The van der Waals surface area contributed by atoms with Crippen molar-refractivity contribution in [3.8, 4) is 11.4 Å². The number of carbonyl (C=O) groups is 1. The van der Waals surface area contributed by atoms with Gasteiger partial charge in [-0.2, -0.15) is 18.2 Å². The lowest BCUT2D eigenvalue weighted by atomic mass is 10.1. The summed E-state index contributed by atoms with van der Waals surface area (Å²) in [5.74, 6) is -0.00856. The molecule has 1 amide bonds. The Bertz CT molecular complexity index is 838. The van der Waals surface area contributed by atoms with E-state index < -0.39 is 11.7 Å². The van der Waals surface area contributed by atoms with Crippen molar-refractivity contribution < 1.29 is 27.6 Å². The third kappa shape index (κ3) is 6.23. The summed E-state index contributed by atoms with van der Waals surface area (Å²) >= 11 is 0. The van der Waals surface area contributed by atoms with Gasteiger partial charge >= 0.3 is 6.18 Å². The third-order valence-corrected chi connectivity index (χ3v) is 3.24. The van der Waals surface area contributed by atoms with Gasteiger partial charge in [0.15, 0.2) is 0 Å². The van der Waals surface area contributed by atoms with Gasteiger partial charge in [-0.15, -0.1) is 0 Å². The fourth-order valence-corrected chi connectivity index (χ4v) is 1.99. The number of benzene rings is 2. The minimum absolute atomic E-state index is 0.0292. The number of carbonyl (C=O) groups excluding carboxylic acids is 1. The third-order valence-electron chi connectivity index (χ3n) is 3.24. The minimum atomic E-state index is -4.36. The van der Waals surface area contributed by atoms with Crippen LogP contribution in [-0.2, 0) is 6.18 Å². The van der Waals surface area contributed by atoms with Gasteiger partial charge in [0.25, 0.3) is 5.91 Å². The first kappa shape index (κ1) is 20.1. The number of hydrogen-bond donors (Lipinski definition) is 2. The Morgan fingerprint density at radius 1 is 1.11 bits per heavy atom. The summed E-state index contributed by atoms with van der Waals surface area (Å²) in [7, 11) is 0. The highest BCUT2D eigenvalue weighted by Gasteiger charge is 2.30. The number of aliphatic hydroxyl groups is 1. The molecule has 27 heavy (non-hydrogen) atoms. The highest BCUT2D eigenvalue weighted by molar-refractivity contribution is 5.94. The van der Waals surface area contributed by atoms with Crippen LogP contribution in [0.5, 0.6) is 0 Å². The molecule has 2 aromatic carbocycles. The van der Waals surface area contributed by atoms with Crippen LogP contribution >= 0.6 is 0 Å². The van der Waals surface area contributed by atoms with Gasteiger partial charge in [-0.1, -0.05) is 35.5 Å². The van der Waals surface area contributed by atoms with Crippen molar-refractivity contribution in [3.63, 3.8) is 0 Å². The van der Waals surface area contributed by atoms with E-state index in [4.69, 9.17) is 5.11 Å². The van der Waals surface area contributed by atoms with Gasteiger partial charge in [0.05, 0.1) is 12.2 Å². The number of nitrogens with zero attached hydrogens (tertiary/aromatic N) is 2. The molecule has 142 valence electrons. The smallest absolute Gasteiger partial charge is 0.395 e. The number of alkyl halides is 3. The maximum absolute atomic E-state index is 12.3. The van der Waals surface area contributed by atoms with Crippen molar-refractivity contribution >= 4 is 5.91 Å². The van der Waals surface area contributed by atoms with Crippen molar-refractivity contribution in [2.75, 3.05) is 13.2 Å². The molecule has 0 atom stereocenters. The Hall–Kier alpha value is -3.20. The van der Waals surface area contributed by atoms with E-state index in [2.05, 4.69) is 20.0 Å². The summed E-state index contributed by atoms with van der Waals surface area (Å²) < 4.78 is 41.5. The second-order valence-electron chi connectivity index (χ2n) is 5.18. The number of hydrogen-bond acceptors (Lipinski definition) is 5. The normalized spacial score (nSPS) is 10.7. The molecule has 0 saturated heterocycles. The van der Waals surface area contributed by atoms with Crippen LogP contribution in [-0.4, -0.2) is 34.3 Å². The SMILES string of the molecule is FC(F)(F)c1cccc(-c2ncon2)c1.O=C(NCCO)c1ccccc1. The number of halogens is 3. The van der Waals surface area contributed by atoms with Gasteiger partial charge in [0.1, 0.15) is 0 Å². The van der Waals surface area contributed by atoms with Crippen molar-refractivity contribution in [3.05, 3.63) is 72.1 Å². The average molecular weight is 379 g/mol. The van der Waals surface area contributed by atoms with Gasteiger partial charge in [0, 0.05) is 17.7 Å². The zero-order valence-corrected chi connectivity index (χ0v) is 14.0. The number of aliphatic hydroxyl groups excluding tert-OH is 1. The molecule has 1 aromatic heterocycles. The van der Waals surface area contributed by atoms with Crippen LogP contribution in [0.25, 0.3) is 11.4 Å². The van der Waals surface area contributed by atoms with E-state index in [9.17, 15) is 18.0 Å². The van der Waals surface area contributed by atoms with Gasteiger partial charge < -0.3 is 14.9 Å². The van der Waals surface area contributed by atoms with E-state index in [-0.39, 0.29) is 23.9 Å². The standard InChI is InChI=1S/C9H5F3N2O.C9H11NO2/c10-9(11,12)7-3-1-2-6(4-7)8-13-5-15-14-8;11-7-6-10-9(12)8-4-2-1-3-5-8/h1-5H;1-5,11H,6-7H2,(H,10,12). The fraction of sp³-hybridized carbons (Fsp3) is 0.167. The van der Waals surface area contributed by atoms with E-state index >= 15 is 0 Å². The molecule has 0 radical (unpaired) electrons. The predicted molar refractivity (Wildman–Crippen MR) is 90.6 cm³/mol. The molecule has 3 aromatic rings. The molecule has 9 heteroatoms. The van der Waals surface area contributed by atoms with Gasteiger partial charge in [-0.25, -0.2) is 0 Å². The van der Waals surface area contributed by atoms with Crippen LogP contribution in [0.1, 0.15) is 15.9 Å². The highest BCUT2D eigenvalue weighted by atomic mass is 19.4. The number of nitrogens with one attached hydrogen (secondary N) is 1. The van der Waals surface area contributed by atoms with Gasteiger partial charge in [-0.05, 0) is 24.3 Å². The maximum atomic E-state index is 12.3. The summed E-state index contributed by atoms with van der Waals surface area (Å²) in [5, 5.41) is 14.5. The zero-order valence-electron chi connectivity index (χ0n) is 14.0. The molecule has 0 aliphatic rings. The van der Waals surface area contributed by atoms with E-state index in [1.807, 2.05) is 6.07 Å². The summed E-state index contributed by atoms with van der Waals surface area (Å²) in [4.78, 5) is 14.8. The number of amides is 1. The maximum Gasteiger partial charge on any atom is 0.416 e. The lowest BCUT2D eigenvalue weighted by molar-refractivity contribution is -0.137. The van der Waals surface area contributed by atoms with Crippen LogP contribution in [0.2, 0.25) is 0 Å². The number of rotatable bonds is 4. The van der Waals surface area contributed by atoms with Crippen molar-refractivity contribution in [2.24, 2.45) is 0 Å². The minimum Gasteiger partial charge on any atom is -0.395 e. The molecular weight excluding hydrogens is 363 g/mol. The quantitative estimate of drug-likeness (QED) is 0.727. The van der Waals surface area contributed by atoms with Gasteiger partial charge in [-0.3, -0.25) is 4.79 Å². The van der Waals surface area contributed by atoms with Crippen LogP contribution in [0.15, 0.2) is 65.5 Å². The molecule has 3 rings (SSSR count). The predicted octanol–water partition coefficient (Wildman–Crippen LogP) is 3.16. The van der Waals surface area contributed by atoms with Crippen LogP contribution in [0.4, 0.5) is 13.2 Å². The Balaban J connectivity index is 0.000000199. The molecule has 0 fully saturated rings. The van der Waals surface area contributed by atoms with E-state index in [1.54, 1.807) is 24.3 Å². The molecule has 0 bridgehead atoms. The number of aromatic nitrogens is 2. The molecule has 0 aliphatic heterocycles. The summed E-state index contributed by atoms with van der Waals surface area (Å²) in [5.41, 5.74) is 0.161. The molecule has 0 aliphatic carbocycles. The Morgan fingerprint density at radius 3 is 2.44 bits per heavy atom. The van der Waals surface area contributed by atoms with Gasteiger partial charge in [0.2, 0.25) is 12.2 Å². The van der Waals surface area contributed by atoms with E-state index in [1.165, 1.54) is 12.1 Å². The summed E-state index contributed by atoms with van der Waals surface area (Å²) in [6, 6.07) is 13.7. The van der Waals surface area contributed by atoms with Crippen molar-refractivity contribution in [1.29, 1.82) is 0 Å². The van der Waals surface area contributed by atoms with E-state index in [0.717, 1.165) is 18.5 Å².